The van der Waals surface area contributed by atoms with Crippen molar-refractivity contribution in [3.63, 3.8) is 0 Å². The number of phenolic OH excluding ortho intramolecular Hbond substituents is 1. The third kappa shape index (κ3) is 8.66. The zero-order valence-corrected chi connectivity index (χ0v) is 33.4. The van der Waals surface area contributed by atoms with Crippen LogP contribution >= 0.6 is 0 Å². The smallest absolute Gasteiger partial charge is 0.504 e. The Hall–Kier alpha value is -5.06. The number of piperidine rings is 1. The Kier molecular flexibility index (Phi) is 11.9. The molecule has 1 aromatic rings. The molecule has 2 aliphatic carbocycles. The number of benzene rings is 1. The van der Waals surface area contributed by atoms with E-state index in [0.29, 0.717) is 24.9 Å². The lowest BCUT2D eigenvalue weighted by molar-refractivity contribution is -0.206. The van der Waals surface area contributed by atoms with E-state index in [9.17, 15) is 33.9 Å². The number of carbonyl (C=O) groups is 6. The second kappa shape index (κ2) is 15.8. The van der Waals surface area contributed by atoms with E-state index >= 15 is 0 Å². The second-order valence-corrected chi connectivity index (χ2v) is 16.5. The summed E-state index contributed by atoms with van der Waals surface area (Å²) in [5, 5.41) is 16.2. The van der Waals surface area contributed by atoms with Gasteiger partial charge in [-0.15, -0.1) is 0 Å². The van der Waals surface area contributed by atoms with E-state index in [1.165, 1.54) is 13.8 Å². The number of carbonyl (C=O) groups excluding carboxylic acids is 6. The summed E-state index contributed by atoms with van der Waals surface area (Å²) in [6.07, 6.45) is -3.01. The van der Waals surface area contributed by atoms with Crippen molar-refractivity contribution in [2.75, 3.05) is 26.7 Å². The molecule has 1 saturated heterocycles. The van der Waals surface area contributed by atoms with Crippen LogP contribution in [-0.2, 0) is 59.4 Å². The third-order valence-electron chi connectivity index (χ3n) is 10.2. The highest BCUT2D eigenvalue weighted by atomic mass is 16.7. The monoisotopic (exact) mass is 787 g/mol. The number of aromatic hydroxyl groups is 1. The van der Waals surface area contributed by atoms with Gasteiger partial charge < -0.3 is 48.9 Å². The number of esters is 2. The van der Waals surface area contributed by atoms with Crippen molar-refractivity contribution >= 4 is 36.1 Å². The fourth-order valence-electron chi connectivity index (χ4n) is 7.85. The minimum Gasteiger partial charge on any atom is -0.504 e. The van der Waals surface area contributed by atoms with Crippen molar-refractivity contribution in [1.82, 2.24) is 15.5 Å². The highest BCUT2D eigenvalue weighted by Gasteiger charge is 2.74. The molecule has 3 N–H and O–H groups in total. The second-order valence-electron chi connectivity index (χ2n) is 16.5. The van der Waals surface area contributed by atoms with Crippen molar-refractivity contribution in [3.8, 4) is 11.5 Å². The van der Waals surface area contributed by atoms with Crippen LogP contribution in [0.25, 0.3) is 0 Å². The molecule has 2 amide bonds. The molecule has 56 heavy (non-hydrogen) atoms. The van der Waals surface area contributed by atoms with Gasteiger partial charge in [-0.05, 0) is 99.5 Å². The molecule has 1 fully saturated rings. The first-order valence-electron chi connectivity index (χ1n) is 18.8. The molecular weight excluding hydrogens is 734 g/mol. The Morgan fingerprint density at radius 1 is 0.893 bits per heavy atom. The number of nitrogens with one attached hydrogen (secondary N) is 2. The van der Waals surface area contributed by atoms with Gasteiger partial charge in [-0.1, -0.05) is 6.07 Å². The van der Waals surface area contributed by atoms with Gasteiger partial charge in [0.25, 0.3) is 11.8 Å². The predicted octanol–water partition coefficient (Wildman–Crippen LogP) is 3.46. The summed E-state index contributed by atoms with van der Waals surface area (Å²) in [5.41, 5.74) is -2.25. The van der Waals surface area contributed by atoms with Gasteiger partial charge in [0, 0.05) is 25.1 Å². The number of likely N-dealkylation sites (tertiary alicyclic amines) is 1. The number of phenols is 1. The van der Waals surface area contributed by atoms with Crippen LogP contribution in [0, 0.1) is 0 Å². The molecule has 2 aliphatic heterocycles. The Bertz CT molecular complexity index is 1780. The van der Waals surface area contributed by atoms with E-state index < -0.39 is 76.6 Å². The number of nitrogens with zero attached hydrogens (tertiary/aromatic N) is 1. The summed E-state index contributed by atoms with van der Waals surface area (Å²) in [6.45, 7) is 13.1. The van der Waals surface area contributed by atoms with Gasteiger partial charge in [-0.2, -0.15) is 0 Å². The molecule has 6 atom stereocenters. The average molecular weight is 788 g/mol. The summed E-state index contributed by atoms with van der Waals surface area (Å²) < 4.78 is 39.1. The van der Waals surface area contributed by atoms with Crippen LogP contribution in [0.5, 0.6) is 11.5 Å². The van der Waals surface area contributed by atoms with Gasteiger partial charge in [0.15, 0.2) is 29.8 Å². The highest BCUT2D eigenvalue weighted by molar-refractivity contribution is 5.83. The number of ether oxygens (including phenoxy) is 7. The zero-order chi connectivity index (χ0) is 41.4. The van der Waals surface area contributed by atoms with Crippen molar-refractivity contribution in [2.24, 2.45) is 0 Å². The highest BCUT2D eigenvalue weighted by Crippen LogP contribution is 2.66. The Morgan fingerprint density at radius 3 is 2.00 bits per heavy atom. The number of amides is 2. The van der Waals surface area contributed by atoms with E-state index in [1.807, 2.05) is 13.1 Å². The molecule has 17 heteroatoms. The molecule has 2 bridgehead atoms. The summed E-state index contributed by atoms with van der Waals surface area (Å²) in [7, 11) is 1.95. The lowest BCUT2D eigenvalue weighted by Gasteiger charge is -2.62. The quantitative estimate of drug-likeness (QED) is 0.204. The van der Waals surface area contributed by atoms with Crippen LogP contribution in [0.3, 0.4) is 0 Å². The normalized spacial score (nSPS) is 24.5. The van der Waals surface area contributed by atoms with Gasteiger partial charge in [0.2, 0.25) is 0 Å². The van der Waals surface area contributed by atoms with Gasteiger partial charge in [-0.3, -0.25) is 24.1 Å². The Labute approximate surface area is 325 Å². The summed E-state index contributed by atoms with van der Waals surface area (Å²) in [4.78, 5) is 78.2. The van der Waals surface area contributed by atoms with Gasteiger partial charge in [-0.25, -0.2) is 9.59 Å². The maximum atomic E-state index is 13.7. The average Bonchev–Trinajstić information content (AvgIpc) is 3.43. The fraction of sp³-hybridized carbons (Fsp3) is 0.641. The maximum Gasteiger partial charge on any atom is 0.509 e. The van der Waals surface area contributed by atoms with Crippen LogP contribution in [0.4, 0.5) is 9.59 Å². The standard InChI is InChI=1S/C39H53N3O14/c1-21(50-34(48)55-36(3,4)5)32(46)40-17-13-27(44)52-25-12-15-39(54-28(45)14-18-41-33(47)22(2)51-35(49)56-37(6,7)8)26-20-23-10-11-24(43)30-29(23)38(39,31(25)53-30)16-19-42(26)9/h10-12,21-22,26,31,43H,13-20H2,1-9H3,(H,40,46)(H,41,47)/t21-,22-,26+,31-,38-,39+/m0/s1. The molecule has 17 nitrogen and oxygen atoms in total. The maximum absolute atomic E-state index is 13.7. The first-order chi connectivity index (χ1) is 26.1. The minimum atomic E-state index is -1.21. The molecule has 0 saturated carbocycles. The molecule has 0 unspecified atom stereocenters. The van der Waals surface area contributed by atoms with Crippen molar-refractivity contribution in [2.45, 2.75) is 134 Å². The van der Waals surface area contributed by atoms with E-state index in [2.05, 4.69) is 15.5 Å². The Morgan fingerprint density at radius 2 is 1.45 bits per heavy atom. The van der Waals surface area contributed by atoms with Crippen molar-refractivity contribution in [3.05, 3.63) is 35.1 Å². The van der Waals surface area contributed by atoms with Crippen molar-refractivity contribution < 1.29 is 67.0 Å². The molecule has 5 rings (SSSR count). The van der Waals surface area contributed by atoms with Gasteiger partial charge >= 0.3 is 24.2 Å². The van der Waals surface area contributed by atoms with Gasteiger partial charge in [0.05, 0.1) is 24.3 Å². The van der Waals surface area contributed by atoms with Crippen LogP contribution in [0.2, 0.25) is 0 Å². The molecule has 0 radical (unpaired) electrons. The third-order valence-corrected chi connectivity index (χ3v) is 10.2. The Balaban J connectivity index is 1.28. The first-order valence-corrected chi connectivity index (χ1v) is 18.8. The molecule has 4 aliphatic rings. The molecular formula is C39H53N3O14. The van der Waals surface area contributed by atoms with E-state index in [-0.39, 0.29) is 55.7 Å². The molecule has 1 aromatic carbocycles. The topological polar surface area (TPSA) is 215 Å². The van der Waals surface area contributed by atoms with Crippen LogP contribution < -0.4 is 15.4 Å². The lowest BCUT2D eigenvalue weighted by atomic mass is 9.50. The van der Waals surface area contributed by atoms with E-state index in [4.69, 9.17) is 33.2 Å². The molecule has 308 valence electrons. The fourth-order valence-corrected chi connectivity index (χ4v) is 7.85. The lowest BCUT2D eigenvalue weighted by Crippen LogP contribution is -2.75. The number of rotatable bonds is 12. The van der Waals surface area contributed by atoms with Gasteiger partial charge in [0.1, 0.15) is 22.6 Å². The summed E-state index contributed by atoms with van der Waals surface area (Å²) in [5.74, 6) is -2.22. The number of likely N-dealkylation sites (N-methyl/N-ethyl adjacent to an activating group) is 1. The molecule has 2 heterocycles. The van der Waals surface area contributed by atoms with E-state index in [0.717, 1.165) is 5.56 Å². The number of hydrogen-bond donors (Lipinski definition) is 3. The molecule has 0 aromatic heterocycles. The summed E-state index contributed by atoms with van der Waals surface area (Å²) >= 11 is 0. The number of hydrogen-bond acceptors (Lipinski definition) is 15. The predicted molar refractivity (Wildman–Crippen MR) is 195 cm³/mol. The SMILES string of the molecule is C[C@H](OC(=O)OC(C)(C)C)C(=O)NCCC(=O)OC1=CC[C@@]2(OC(=O)CCNC(=O)[C@H](C)OC(=O)OC(C)(C)C)[C@H]3Cc4ccc(O)c5c4[C@@]2(CCN3C)[C@H]1O5. The van der Waals surface area contributed by atoms with Crippen molar-refractivity contribution in [1.29, 1.82) is 0 Å². The minimum absolute atomic E-state index is 0.104. The summed E-state index contributed by atoms with van der Waals surface area (Å²) in [6, 6.07) is 3.06. The van der Waals surface area contributed by atoms with E-state index in [1.54, 1.807) is 53.7 Å². The largest absolute Gasteiger partial charge is 0.509 e. The zero-order valence-electron chi connectivity index (χ0n) is 33.4. The van der Waals surface area contributed by atoms with Crippen LogP contribution in [0.1, 0.15) is 92.2 Å². The molecule has 1 spiro atoms. The first kappa shape index (κ1) is 42.1. The van der Waals surface area contributed by atoms with Crippen LogP contribution in [-0.4, -0.2) is 114 Å². The van der Waals surface area contributed by atoms with Crippen LogP contribution in [0.15, 0.2) is 24.0 Å².